The number of hydrogen-bond acceptors (Lipinski definition) is 2. The van der Waals surface area contributed by atoms with Crippen molar-refractivity contribution in [2.75, 3.05) is 0 Å². The molecule has 3 N–H and O–H groups in total. The molecule has 0 heterocycles. The van der Waals surface area contributed by atoms with E-state index in [1.807, 2.05) is 30.3 Å². The molecule has 2 atom stereocenters. The van der Waals surface area contributed by atoms with Gasteiger partial charge in [0.2, 0.25) is 0 Å². The Hall–Kier alpha value is -1.30. The molecular formula is C11H13NO. The smallest absolute Gasteiger partial charge is 0.129 e. The number of rotatable bonds is 3. The lowest BCUT2D eigenvalue weighted by Crippen LogP contribution is -2.35. The zero-order valence-electron chi connectivity index (χ0n) is 7.35. The van der Waals surface area contributed by atoms with E-state index in [2.05, 4.69) is 5.92 Å². The first-order valence-electron chi connectivity index (χ1n) is 4.17. The van der Waals surface area contributed by atoms with Gasteiger partial charge in [0.1, 0.15) is 6.10 Å². The number of terminal acetylenes is 1. The van der Waals surface area contributed by atoms with Gasteiger partial charge in [0.25, 0.3) is 0 Å². The predicted octanol–water partition coefficient (Wildman–Crippen LogP) is 0.550. The molecule has 0 spiro atoms. The number of benzene rings is 1. The van der Waals surface area contributed by atoms with Crippen molar-refractivity contribution in [3.63, 3.8) is 0 Å². The fraction of sp³-hybridized carbons (Fsp3) is 0.273. The van der Waals surface area contributed by atoms with E-state index >= 15 is 0 Å². The fourth-order valence-corrected chi connectivity index (χ4v) is 1.12. The minimum Gasteiger partial charge on any atom is -0.379 e. The van der Waals surface area contributed by atoms with E-state index < -0.39 is 6.10 Å². The first-order valence-corrected chi connectivity index (χ1v) is 4.17. The van der Waals surface area contributed by atoms with Gasteiger partial charge in [0.05, 0.1) is 0 Å². The predicted molar refractivity (Wildman–Crippen MR) is 53.0 cm³/mol. The summed E-state index contributed by atoms with van der Waals surface area (Å²) in [6.45, 7) is 0. The second-order valence-corrected chi connectivity index (χ2v) is 2.97. The zero-order chi connectivity index (χ0) is 9.68. The van der Waals surface area contributed by atoms with Crippen molar-refractivity contribution in [3.05, 3.63) is 35.9 Å². The second-order valence-electron chi connectivity index (χ2n) is 2.97. The van der Waals surface area contributed by atoms with Crippen molar-refractivity contribution in [1.29, 1.82) is 0 Å². The lowest BCUT2D eigenvalue weighted by atomic mass is 10.0. The number of hydrogen-bond donors (Lipinski definition) is 2. The average Bonchev–Trinajstić information content (AvgIpc) is 2.18. The molecule has 2 heteroatoms. The van der Waals surface area contributed by atoms with E-state index in [9.17, 15) is 5.11 Å². The van der Waals surface area contributed by atoms with E-state index in [1.165, 1.54) is 0 Å². The van der Waals surface area contributed by atoms with Gasteiger partial charge in [-0.2, -0.15) is 0 Å². The van der Waals surface area contributed by atoms with Gasteiger partial charge in [-0.25, -0.2) is 0 Å². The van der Waals surface area contributed by atoms with Crippen LogP contribution in [-0.2, 0) is 6.42 Å². The van der Waals surface area contributed by atoms with Crippen LogP contribution in [0.2, 0.25) is 0 Å². The highest BCUT2D eigenvalue weighted by molar-refractivity contribution is 5.17. The summed E-state index contributed by atoms with van der Waals surface area (Å²) in [7, 11) is 0. The second kappa shape index (κ2) is 4.66. The number of aliphatic hydroxyl groups is 1. The molecular weight excluding hydrogens is 162 g/mol. The Morgan fingerprint density at radius 2 is 2.00 bits per heavy atom. The van der Waals surface area contributed by atoms with Gasteiger partial charge in [-0.05, 0) is 12.0 Å². The molecule has 2 nitrogen and oxygen atoms in total. The lowest BCUT2D eigenvalue weighted by Gasteiger charge is -2.13. The zero-order valence-corrected chi connectivity index (χ0v) is 7.35. The molecule has 0 aliphatic rings. The first-order chi connectivity index (χ1) is 6.24. The maximum Gasteiger partial charge on any atom is 0.129 e. The quantitative estimate of drug-likeness (QED) is 0.659. The summed E-state index contributed by atoms with van der Waals surface area (Å²) >= 11 is 0. The Kier molecular flexibility index (Phi) is 3.51. The van der Waals surface area contributed by atoms with Crippen LogP contribution >= 0.6 is 0 Å². The number of aliphatic hydroxyl groups excluding tert-OH is 1. The maximum absolute atomic E-state index is 9.23. The van der Waals surface area contributed by atoms with Crippen LogP contribution in [0.25, 0.3) is 0 Å². The Bertz CT molecular complexity index is 289. The molecule has 0 radical (unpaired) electrons. The van der Waals surface area contributed by atoms with Gasteiger partial charge in [-0.3, -0.25) is 0 Å². The molecule has 0 aromatic heterocycles. The van der Waals surface area contributed by atoms with Gasteiger partial charge in [0, 0.05) is 6.04 Å². The van der Waals surface area contributed by atoms with Crippen molar-refractivity contribution in [2.45, 2.75) is 18.6 Å². The monoisotopic (exact) mass is 175 g/mol. The van der Waals surface area contributed by atoms with Crippen LogP contribution in [0.5, 0.6) is 0 Å². The third kappa shape index (κ3) is 2.90. The van der Waals surface area contributed by atoms with Crippen molar-refractivity contribution >= 4 is 0 Å². The molecule has 0 saturated heterocycles. The van der Waals surface area contributed by atoms with E-state index in [-0.39, 0.29) is 6.04 Å². The highest BCUT2D eigenvalue weighted by atomic mass is 16.3. The van der Waals surface area contributed by atoms with Crippen LogP contribution in [0.4, 0.5) is 0 Å². The van der Waals surface area contributed by atoms with Gasteiger partial charge >= 0.3 is 0 Å². The normalized spacial score (nSPS) is 14.5. The topological polar surface area (TPSA) is 46.2 Å². The summed E-state index contributed by atoms with van der Waals surface area (Å²) in [6.07, 6.45) is 4.79. The van der Waals surface area contributed by atoms with E-state index in [1.54, 1.807) is 0 Å². The lowest BCUT2D eigenvalue weighted by molar-refractivity contribution is 0.200. The molecule has 0 bridgehead atoms. The minimum absolute atomic E-state index is 0.382. The van der Waals surface area contributed by atoms with Crippen molar-refractivity contribution in [2.24, 2.45) is 5.73 Å². The van der Waals surface area contributed by atoms with Crippen molar-refractivity contribution < 1.29 is 5.11 Å². The molecule has 13 heavy (non-hydrogen) atoms. The fourth-order valence-electron chi connectivity index (χ4n) is 1.12. The van der Waals surface area contributed by atoms with Crippen LogP contribution in [0.1, 0.15) is 5.56 Å². The van der Waals surface area contributed by atoms with Gasteiger partial charge < -0.3 is 10.8 Å². The summed E-state index contributed by atoms with van der Waals surface area (Å²) in [6, 6.07) is 9.35. The molecule has 1 rings (SSSR count). The van der Waals surface area contributed by atoms with Gasteiger partial charge in [0.15, 0.2) is 0 Å². The summed E-state index contributed by atoms with van der Waals surface area (Å²) in [4.78, 5) is 0. The minimum atomic E-state index is -0.861. The van der Waals surface area contributed by atoms with Crippen LogP contribution in [0, 0.1) is 12.3 Å². The Morgan fingerprint density at radius 3 is 2.54 bits per heavy atom. The summed E-state index contributed by atoms with van der Waals surface area (Å²) in [5, 5.41) is 9.23. The Labute approximate surface area is 78.4 Å². The summed E-state index contributed by atoms with van der Waals surface area (Å²) < 4.78 is 0. The van der Waals surface area contributed by atoms with E-state index in [0.29, 0.717) is 6.42 Å². The molecule has 1 aromatic rings. The third-order valence-corrected chi connectivity index (χ3v) is 1.89. The van der Waals surface area contributed by atoms with Gasteiger partial charge in [-0.1, -0.05) is 36.3 Å². The van der Waals surface area contributed by atoms with E-state index in [4.69, 9.17) is 12.2 Å². The summed E-state index contributed by atoms with van der Waals surface area (Å²) in [5.41, 5.74) is 6.75. The third-order valence-electron chi connectivity index (χ3n) is 1.89. The Balaban J connectivity index is 2.56. The average molecular weight is 175 g/mol. The van der Waals surface area contributed by atoms with E-state index in [0.717, 1.165) is 5.56 Å². The summed E-state index contributed by atoms with van der Waals surface area (Å²) in [5.74, 6) is 2.22. The molecule has 0 saturated carbocycles. The largest absolute Gasteiger partial charge is 0.379 e. The van der Waals surface area contributed by atoms with Crippen LogP contribution in [-0.4, -0.2) is 17.3 Å². The molecule has 1 unspecified atom stereocenters. The van der Waals surface area contributed by atoms with Crippen LogP contribution in [0.3, 0.4) is 0 Å². The van der Waals surface area contributed by atoms with Gasteiger partial charge in [-0.15, -0.1) is 6.42 Å². The molecule has 0 aliphatic carbocycles. The maximum atomic E-state index is 9.23. The van der Waals surface area contributed by atoms with Crippen molar-refractivity contribution in [3.8, 4) is 12.3 Å². The SMILES string of the molecule is C#CC(O)[C@H](N)Cc1ccccc1. The molecule has 0 amide bonds. The molecule has 0 aliphatic heterocycles. The molecule has 0 fully saturated rings. The van der Waals surface area contributed by atoms with Crippen molar-refractivity contribution in [1.82, 2.24) is 0 Å². The highest BCUT2D eigenvalue weighted by Crippen LogP contribution is 2.03. The molecule has 68 valence electrons. The van der Waals surface area contributed by atoms with Crippen LogP contribution in [0.15, 0.2) is 30.3 Å². The standard InChI is InChI=1S/C11H13NO/c1-2-11(13)10(12)8-9-6-4-3-5-7-9/h1,3-7,10-11,13H,8,12H2/t10-,11?/m1/s1. The van der Waals surface area contributed by atoms with Crippen LogP contribution < -0.4 is 5.73 Å². The Morgan fingerprint density at radius 1 is 1.38 bits per heavy atom. The molecule has 1 aromatic carbocycles. The number of nitrogens with two attached hydrogens (primary N) is 1. The first kappa shape index (κ1) is 9.79. The highest BCUT2D eigenvalue weighted by Gasteiger charge is 2.11.